The molecule has 2 aliphatic rings. The Hall–Kier alpha value is -3.81. The van der Waals surface area contributed by atoms with Crippen molar-refractivity contribution in [2.75, 3.05) is 6.54 Å². The van der Waals surface area contributed by atoms with Gasteiger partial charge in [-0.3, -0.25) is 19.4 Å². The second-order valence-electron chi connectivity index (χ2n) is 10.7. The number of likely N-dealkylation sites (tertiary alicyclic amines) is 1. The zero-order valence-electron chi connectivity index (χ0n) is 22.4. The summed E-state index contributed by atoms with van der Waals surface area (Å²) in [6.07, 6.45) is 7.95. The van der Waals surface area contributed by atoms with Gasteiger partial charge in [0.15, 0.2) is 5.78 Å². The molecule has 2 aromatic heterocycles. The minimum absolute atomic E-state index is 0.0742. The number of carbonyl (C=O) groups excluding carboxylic acids is 3. The molecule has 2 amide bonds. The van der Waals surface area contributed by atoms with Gasteiger partial charge in [0.05, 0.1) is 18.0 Å². The molecule has 0 saturated carbocycles. The van der Waals surface area contributed by atoms with Crippen LogP contribution < -0.4 is 5.73 Å². The molecule has 0 bridgehead atoms. The normalized spacial score (nSPS) is 19.9. The van der Waals surface area contributed by atoms with Crippen molar-refractivity contribution in [2.45, 2.75) is 77.0 Å². The van der Waals surface area contributed by atoms with Crippen molar-refractivity contribution in [3.8, 4) is 0 Å². The number of allylic oxidation sites excluding steroid dienone is 2. The zero-order chi connectivity index (χ0) is 27.5. The lowest BCUT2D eigenvalue weighted by atomic mass is 9.93. The monoisotopic (exact) mass is 530 g/mol. The van der Waals surface area contributed by atoms with Gasteiger partial charge in [0, 0.05) is 35.0 Å². The van der Waals surface area contributed by atoms with E-state index in [1.807, 2.05) is 37.3 Å². The Balaban J connectivity index is 1.42. The highest BCUT2D eigenvalue weighted by Crippen LogP contribution is 2.31. The lowest BCUT2D eigenvalue weighted by Gasteiger charge is -2.29. The molecule has 7 nitrogen and oxygen atoms in total. The van der Waals surface area contributed by atoms with E-state index in [1.54, 1.807) is 16.8 Å². The van der Waals surface area contributed by atoms with E-state index >= 15 is 0 Å². The van der Waals surface area contributed by atoms with Gasteiger partial charge in [-0.1, -0.05) is 18.2 Å². The van der Waals surface area contributed by atoms with Crippen molar-refractivity contribution in [3.63, 3.8) is 0 Å². The van der Waals surface area contributed by atoms with Crippen LogP contribution in [0.5, 0.6) is 0 Å². The molecule has 0 spiro atoms. The molecule has 1 unspecified atom stereocenters. The Kier molecular flexibility index (Phi) is 7.91. The van der Waals surface area contributed by atoms with Crippen LogP contribution in [0.2, 0.25) is 0 Å². The number of amides is 2. The average Bonchev–Trinajstić information content (AvgIpc) is 3.15. The average molecular weight is 531 g/mol. The lowest BCUT2D eigenvalue weighted by Crippen LogP contribution is -2.46. The third-order valence-electron chi connectivity index (χ3n) is 7.92. The number of hydrogen-bond donors (Lipinski definition) is 1. The molecule has 204 valence electrons. The number of carbonyl (C=O) groups is 3. The van der Waals surface area contributed by atoms with Crippen LogP contribution in [0.3, 0.4) is 0 Å². The molecule has 1 aliphatic heterocycles. The Bertz CT molecular complexity index is 1440. The molecular formula is C31H35FN4O3. The van der Waals surface area contributed by atoms with Gasteiger partial charge in [0.1, 0.15) is 12.7 Å². The van der Waals surface area contributed by atoms with E-state index in [2.05, 4.69) is 11.1 Å². The van der Waals surface area contributed by atoms with Crippen LogP contribution in [0.1, 0.15) is 72.3 Å². The molecule has 3 heterocycles. The number of ketones is 1. The molecular weight excluding hydrogens is 495 g/mol. The number of pyridine rings is 1. The highest BCUT2D eigenvalue weighted by Gasteiger charge is 2.33. The summed E-state index contributed by atoms with van der Waals surface area (Å²) in [5, 5.41) is 0.706. The number of nitrogens with two attached hydrogens (primary N) is 1. The van der Waals surface area contributed by atoms with Crippen molar-refractivity contribution in [1.29, 1.82) is 0 Å². The minimum atomic E-state index is -1.06. The predicted octanol–water partition coefficient (Wildman–Crippen LogP) is 4.93. The topological polar surface area (TPSA) is 98.3 Å². The number of rotatable bonds is 7. The summed E-state index contributed by atoms with van der Waals surface area (Å²) >= 11 is 0. The molecule has 5 rings (SSSR count). The first-order valence-electron chi connectivity index (χ1n) is 13.8. The summed E-state index contributed by atoms with van der Waals surface area (Å²) < 4.78 is 16.1. The van der Waals surface area contributed by atoms with Crippen LogP contribution in [0.15, 0.2) is 48.7 Å². The third kappa shape index (κ3) is 5.95. The maximum Gasteiger partial charge on any atom is 0.250 e. The number of primary amides is 1. The highest BCUT2D eigenvalue weighted by atomic mass is 19.1. The number of aryl methyl sites for hydroxylation is 1. The second-order valence-corrected chi connectivity index (χ2v) is 10.7. The minimum Gasteiger partial charge on any atom is -0.366 e. The largest absolute Gasteiger partial charge is 0.366 e. The molecule has 8 heteroatoms. The summed E-state index contributed by atoms with van der Waals surface area (Å²) in [6, 6.07) is 10.7. The first kappa shape index (κ1) is 26.8. The zero-order valence-corrected chi connectivity index (χ0v) is 22.4. The maximum atomic E-state index is 14.4. The van der Waals surface area contributed by atoms with Crippen molar-refractivity contribution in [2.24, 2.45) is 5.73 Å². The molecule has 1 aromatic carbocycles. The van der Waals surface area contributed by atoms with Gasteiger partial charge in [-0.25, -0.2) is 4.39 Å². The van der Waals surface area contributed by atoms with Crippen LogP contribution in [-0.2, 0) is 22.6 Å². The van der Waals surface area contributed by atoms with Crippen LogP contribution in [-0.4, -0.2) is 50.8 Å². The summed E-state index contributed by atoms with van der Waals surface area (Å²) in [6.45, 7) is 1.95. The lowest BCUT2D eigenvalue weighted by molar-refractivity contribution is -0.139. The first-order chi connectivity index (χ1) is 18.8. The molecule has 0 radical (unpaired) electrons. The fourth-order valence-electron chi connectivity index (χ4n) is 5.86. The number of benzene rings is 1. The number of nitrogens with zero attached hydrogens (tertiary/aromatic N) is 3. The number of alkyl halides is 1. The van der Waals surface area contributed by atoms with Gasteiger partial charge < -0.3 is 15.2 Å². The summed E-state index contributed by atoms with van der Waals surface area (Å²) in [7, 11) is 0. The van der Waals surface area contributed by atoms with Crippen LogP contribution in [0, 0.1) is 6.92 Å². The van der Waals surface area contributed by atoms with Gasteiger partial charge in [0.2, 0.25) is 5.91 Å². The molecule has 1 fully saturated rings. The van der Waals surface area contributed by atoms with Crippen molar-refractivity contribution < 1.29 is 18.8 Å². The first-order valence-corrected chi connectivity index (χ1v) is 13.8. The highest BCUT2D eigenvalue weighted by molar-refractivity contribution is 6.07. The molecule has 2 atom stereocenters. The van der Waals surface area contributed by atoms with E-state index in [4.69, 9.17) is 5.73 Å². The molecule has 2 N–H and O–H groups in total. The van der Waals surface area contributed by atoms with Crippen LogP contribution in [0.25, 0.3) is 16.5 Å². The number of Topliss-reactive ketones (excluding diaryl/α,β-unsaturated/α-hetero) is 1. The Labute approximate surface area is 227 Å². The van der Waals surface area contributed by atoms with Gasteiger partial charge >= 0.3 is 0 Å². The van der Waals surface area contributed by atoms with Gasteiger partial charge in [-0.05, 0) is 87.3 Å². The number of aromatic nitrogens is 2. The van der Waals surface area contributed by atoms with Crippen molar-refractivity contribution in [1.82, 2.24) is 14.5 Å². The van der Waals surface area contributed by atoms with Gasteiger partial charge in [0.25, 0.3) is 5.91 Å². The van der Waals surface area contributed by atoms with E-state index < -0.39 is 18.1 Å². The second kappa shape index (κ2) is 11.5. The Morgan fingerprint density at radius 1 is 1.10 bits per heavy atom. The van der Waals surface area contributed by atoms with E-state index in [0.717, 1.165) is 36.0 Å². The van der Waals surface area contributed by atoms with E-state index in [9.17, 15) is 18.8 Å². The fraction of sp³-hybridized carbons (Fsp3) is 0.419. The van der Waals surface area contributed by atoms with E-state index in [1.165, 1.54) is 16.9 Å². The van der Waals surface area contributed by atoms with Crippen LogP contribution >= 0.6 is 0 Å². The molecule has 1 saturated heterocycles. The molecule has 3 aromatic rings. The fourth-order valence-corrected chi connectivity index (χ4v) is 5.86. The van der Waals surface area contributed by atoms with Crippen molar-refractivity contribution in [3.05, 3.63) is 71.2 Å². The van der Waals surface area contributed by atoms with Crippen molar-refractivity contribution >= 4 is 34.1 Å². The van der Waals surface area contributed by atoms with E-state index in [-0.39, 0.29) is 50.5 Å². The standard InChI is InChI=1S/C31H35FN4O3/c1-20-6-5-9-24(34-20)17-29(37)28-13-11-23(32)14-15-36(28)30(38)19-35-18-26(31(33)39)25-16-22(10-12-27(25)35)21-7-3-2-4-8-21/h5-7,9-10,12,16,18,23,28H,2-4,8,11,13-15,17,19H2,1H3,(H2,33,39)/t23?,28-/m0/s1. The smallest absolute Gasteiger partial charge is 0.250 e. The molecule has 39 heavy (non-hydrogen) atoms. The Morgan fingerprint density at radius 3 is 2.69 bits per heavy atom. The number of halogens is 1. The maximum absolute atomic E-state index is 14.4. The van der Waals surface area contributed by atoms with E-state index in [0.29, 0.717) is 16.6 Å². The summed E-state index contributed by atoms with van der Waals surface area (Å²) in [4.78, 5) is 45.3. The van der Waals surface area contributed by atoms with Gasteiger partial charge in [-0.15, -0.1) is 0 Å². The summed E-state index contributed by atoms with van der Waals surface area (Å²) in [5.41, 5.74) is 10.6. The number of fused-ring (bicyclic) bond motifs is 1. The molecule has 1 aliphatic carbocycles. The van der Waals surface area contributed by atoms with Gasteiger partial charge in [-0.2, -0.15) is 0 Å². The quantitative estimate of drug-likeness (QED) is 0.468. The SMILES string of the molecule is Cc1cccc(CC(=O)[C@@H]2CCC(F)CCN2C(=O)Cn2cc(C(N)=O)c3cc(C4=CCCCC4)ccc32)n1. The summed E-state index contributed by atoms with van der Waals surface area (Å²) in [5.74, 6) is -0.988. The Morgan fingerprint density at radius 2 is 1.95 bits per heavy atom. The van der Waals surface area contributed by atoms with Crippen LogP contribution in [0.4, 0.5) is 4.39 Å². The number of hydrogen-bond acceptors (Lipinski definition) is 4. The predicted molar refractivity (Wildman–Crippen MR) is 149 cm³/mol. The third-order valence-corrected chi connectivity index (χ3v) is 7.92.